The Hall–Kier alpha value is -1.95. The van der Waals surface area contributed by atoms with Gasteiger partial charge in [-0.1, -0.05) is 6.07 Å². The Kier molecular flexibility index (Phi) is 4.11. The van der Waals surface area contributed by atoms with Crippen molar-refractivity contribution in [2.45, 2.75) is 19.3 Å². The van der Waals surface area contributed by atoms with E-state index in [0.29, 0.717) is 5.69 Å². The fourth-order valence-electron chi connectivity index (χ4n) is 3.26. The molecule has 6 heteroatoms. The summed E-state index contributed by atoms with van der Waals surface area (Å²) in [6.07, 6.45) is 2.98. The Morgan fingerprint density at radius 2 is 2.09 bits per heavy atom. The van der Waals surface area contributed by atoms with E-state index in [1.807, 2.05) is 0 Å². The smallest absolute Gasteiger partial charge is 0.243 e. The largest absolute Gasteiger partial charge is 0.347 e. The van der Waals surface area contributed by atoms with Gasteiger partial charge < -0.3 is 16.0 Å². The second kappa shape index (κ2) is 6.04. The van der Waals surface area contributed by atoms with E-state index in [1.54, 1.807) is 6.07 Å². The van der Waals surface area contributed by atoms with Crippen LogP contribution in [0.2, 0.25) is 0 Å². The molecule has 1 aliphatic heterocycles. The van der Waals surface area contributed by atoms with Gasteiger partial charge in [0.2, 0.25) is 11.8 Å². The minimum atomic E-state index is -0.410. The predicted octanol–water partition coefficient (Wildman–Crippen LogP) is 1.27. The Morgan fingerprint density at radius 1 is 1.32 bits per heavy atom. The summed E-state index contributed by atoms with van der Waals surface area (Å²) >= 11 is 0. The number of benzene rings is 1. The van der Waals surface area contributed by atoms with E-state index in [0.717, 1.165) is 32.4 Å². The van der Waals surface area contributed by atoms with E-state index in [2.05, 4.69) is 16.0 Å². The highest BCUT2D eigenvalue weighted by Gasteiger charge is 2.57. The van der Waals surface area contributed by atoms with Crippen molar-refractivity contribution in [3.05, 3.63) is 30.1 Å². The second-order valence-corrected chi connectivity index (χ2v) is 6.15. The van der Waals surface area contributed by atoms with Crippen LogP contribution in [-0.4, -0.2) is 31.4 Å². The van der Waals surface area contributed by atoms with Crippen molar-refractivity contribution in [3.63, 3.8) is 0 Å². The zero-order valence-electron chi connectivity index (χ0n) is 12.3. The quantitative estimate of drug-likeness (QED) is 0.784. The summed E-state index contributed by atoms with van der Waals surface area (Å²) in [4.78, 5) is 23.9. The number of rotatable bonds is 4. The third-order valence-electron chi connectivity index (χ3n) is 4.64. The van der Waals surface area contributed by atoms with Gasteiger partial charge in [-0.15, -0.1) is 0 Å². The average molecular weight is 305 g/mol. The molecule has 1 unspecified atom stereocenters. The van der Waals surface area contributed by atoms with Crippen LogP contribution < -0.4 is 16.0 Å². The fourth-order valence-corrected chi connectivity index (χ4v) is 3.26. The number of carbonyl (C=O) groups is 2. The van der Waals surface area contributed by atoms with Crippen molar-refractivity contribution in [2.75, 3.05) is 25.0 Å². The molecule has 1 aromatic carbocycles. The number of amides is 2. The normalized spacial score (nSPS) is 22.1. The van der Waals surface area contributed by atoms with Gasteiger partial charge >= 0.3 is 0 Å². The number of carbonyl (C=O) groups excluding carboxylic acids is 2. The predicted molar refractivity (Wildman–Crippen MR) is 80.7 cm³/mol. The number of piperidine rings is 1. The van der Waals surface area contributed by atoms with Crippen LogP contribution in [0.3, 0.4) is 0 Å². The molecule has 1 spiro atoms. The molecule has 1 saturated heterocycles. The van der Waals surface area contributed by atoms with Crippen molar-refractivity contribution in [1.29, 1.82) is 0 Å². The first-order valence-corrected chi connectivity index (χ1v) is 7.63. The molecule has 3 N–H and O–H groups in total. The monoisotopic (exact) mass is 305 g/mol. The summed E-state index contributed by atoms with van der Waals surface area (Å²) in [7, 11) is 0. The topological polar surface area (TPSA) is 70.2 Å². The molecule has 5 nitrogen and oxygen atoms in total. The van der Waals surface area contributed by atoms with E-state index < -0.39 is 5.82 Å². The summed E-state index contributed by atoms with van der Waals surface area (Å²) < 4.78 is 13.0. The molecule has 3 rings (SSSR count). The minimum absolute atomic E-state index is 0.0385. The molecule has 0 bridgehead atoms. The molecule has 0 aromatic heterocycles. The lowest BCUT2D eigenvalue weighted by Crippen LogP contribution is -2.37. The molecule has 1 saturated carbocycles. The van der Waals surface area contributed by atoms with Gasteiger partial charge in [0.05, 0.1) is 6.54 Å². The van der Waals surface area contributed by atoms with E-state index in [4.69, 9.17) is 0 Å². The van der Waals surface area contributed by atoms with Crippen LogP contribution in [0.5, 0.6) is 0 Å². The molecule has 1 aromatic rings. The van der Waals surface area contributed by atoms with Crippen molar-refractivity contribution in [3.8, 4) is 0 Å². The lowest BCUT2D eigenvalue weighted by Gasteiger charge is -2.23. The Balaban J connectivity index is 1.44. The van der Waals surface area contributed by atoms with E-state index >= 15 is 0 Å². The van der Waals surface area contributed by atoms with Crippen molar-refractivity contribution >= 4 is 17.5 Å². The van der Waals surface area contributed by atoms with Crippen LogP contribution in [0.15, 0.2) is 24.3 Å². The van der Waals surface area contributed by atoms with Gasteiger partial charge in [-0.3, -0.25) is 9.59 Å². The first kappa shape index (κ1) is 15.0. The molecule has 2 amide bonds. The highest BCUT2D eigenvalue weighted by atomic mass is 19.1. The summed E-state index contributed by atoms with van der Waals surface area (Å²) in [6, 6.07) is 5.68. The number of nitrogens with one attached hydrogen (secondary N) is 3. The van der Waals surface area contributed by atoms with Crippen LogP contribution in [0.4, 0.5) is 10.1 Å². The molecule has 22 heavy (non-hydrogen) atoms. The number of hydrogen-bond acceptors (Lipinski definition) is 3. The Bertz CT molecular complexity index is 585. The lowest BCUT2D eigenvalue weighted by atomic mass is 9.92. The molecule has 2 aliphatic rings. The van der Waals surface area contributed by atoms with Gasteiger partial charge in [0.15, 0.2) is 0 Å². The summed E-state index contributed by atoms with van der Waals surface area (Å²) in [5.74, 6) is -0.764. The van der Waals surface area contributed by atoms with Crippen LogP contribution in [0, 0.1) is 17.2 Å². The molecule has 1 heterocycles. The Labute approximate surface area is 128 Å². The Morgan fingerprint density at radius 3 is 2.82 bits per heavy atom. The number of halogens is 1. The molecule has 118 valence electrons. The van der Waals surface area contributed by atoms with Gasteiger partial charge in [0.1, 0.15) is 5.82 Å². The van der Waals surface area contributed by atoms with E-state index in [9.17, 15) is 14.0 Å². The van der Waals surface area contributed by atoms with Gasteiger partial charge in [-0.05, 0) is 56.0 Å². The molecule has 0 radical (unpaired) electrons. The van der Waals surface area contributed by atoms with Gasteiger partial charge in [0, 0.05) is 11.6 Å². The van der Waals surface area contributed by atoms with Crippen molar-refractivity contribution in [2.24, 2.45) is 11.3 Å². The minimum Gasteiger partial charge on any atom is -0.347 e. The third-order valence-corrected chi connectivity index (χ3v) is 4.64. The maximum absolute atomic E-state index is 13.0. The van der Waals surface area contributed by atoms with Crippen molar-refractivity contribution in [1.82, 2.24) is 10.6 Å². The highest BCUT2D eigenvalue weighted by molar-refractivity contribution is 5.95. The average Bonchev–Trinajstić information content (AvgIpc) is 3.19. The van der Waals surface area contributed by atoms with Gasteiger partial charge in [0.25, 0.3) is 0 Å². The maximum atomic E-state index is 13.0. The van der Waals surface area contributed by atoms with Crippen LogP contribution in [0.25, 0.3) is 0 Å². The van der Waals surface area contributed by atoms with Crippen LogP contribution in [-0.2, 0) is 9.59 Å². The van der Waals surface area contributed by atoms with Crippen LogP contribution >= 0.6 is 0 Å². The molecular weight excluding hydrogens is 285 g/mol. The summed E-state index contributed by atoms with van der Waals surface area (Å²) in [6.45, 7) is 1.84. The first-order valence-electron chi connectivity index (χ1n) is 7.63. The number of hydrogen-bond donors (Lipinski definition) is 3. The zero-order chi connectivity index (χ0) is 15.6. The fraction of sp³-hybridized carbons (Fsp3) is 0.500. The third kappa shape index (κ3) is 3.27. The second-order valence-electron chi connectivity index (χ2n) is 6.15. The SMILES string of the molecule is O=C(CNC(=O)C1CC12CCNCC2)Nc1cccc(F)c1. The maximum Gasteiger partial charge on any atom is 0.243 e. The standard InChI is InChI=1S/C16H20FN3O2/c17-11-2-1-3-12(8-11)20-14(21)10-19-15(22)13-9-16(13)4-6-18-7-5-16/h1-3,8,13,18H,4-7,9-10H2,(H,19,22)(H,20,21). The lowest BCUT2D eigenvalue weighted by molar-refractivity contribution is -0.125. The van der Waals surface area contributed by atoms with Crippen LogP contribution in [0.1, 0.15) is 19.3 Å². The van der Waals surface area contributed by atoms with E-state index in [-0.39, 0.29) is 29.7 Å². The molecule has 1 aliphatic carbocycles. The summed E-state index contributed by atoms with van der Waals surface area (Å²) in [5, 5.41) is 8.55. The van der Waals surface area contributed by atoms with Gasteiger partial charge in [-0.25, -0.2) is 4.39 Å². The molecular formula is C16H20FN3O2. The van der Waals surface area contributed by atoms with E-state index in [1.165, 1.54) is 18.2 Å². The molecule has 2 fully saturated rings. The van der Waals surface area contributed by atoms with Gasteiger partial charge in [-0.2, -0.15) is 0 Å². The number of anilines is 1. The first-order chi connectivity index (χ1) is 10.6. The van der Waals surface area contributed by atoms with Crippen molar-refractivity contribution < 1.29 is 14.0 Å². The zero-order valence-corrected chi connectivity index (χ0v) is 12.3. The highest BCUT2D eigenvalue weighted by Crippen LogP contribution is 2.58. The molecule has 1 atom stereocenters. The summed E-state index contributed by atoms with van der Waals surface area (Å²) in [5.41, 5.74) is 0.550.